The summed E-state index contributed by atoms with van der Waals surface area (Å²) in [5.41, 5.74) is 2.02. The van der Waals surface area contributed by atoms with Gasteiger partial charge in [-0.15, -0.1) is 0 Å². The third-order valence-corrected chi connectivity index (χ3v) is 7.06. The number of carboxylic acid groups (broad SMARTS) is 1. The van der Waals surface area contributed by atoms with Gasteiger partial charge in [-0.3, -0.25) is 4.79 Å². The minimum Gasteiger partial charge on any atom is -0.478 e. The van der Waals surface area contributed by atoms with E-state index in [-0.39, 0.29) is 11.5 Å². The summed E-state index contributed by atoms with van der Waals surface area (Å²) < 4.78 is 5.88. The van der Waals surface area contributed by atoms with E-state index >= 15 is 0 Å². The molecule has 2 aromatic carbocycles. The van der Waals surface area contributed by atoms with E-state index in [2.05, 4.69) is 9.80 Å². The number of nitrogens with zero attached hydrogens (tertiary/aromatic N) is 2. The van der Waals surface area contributed by atoms with Crippen LogP contribution in [0.3, 0.4) is 0 Å². The average Bonchev–Trinajstić information content (AvgIpc) is 2.74. The Morgan fingerprint density at radius 2 is 1.61 bits per heavy atom. The molecule has 1 saturated carbocycles. The van der Waals surface area contributed by atoms with Crippen LogP contribution >= 0.6 is 0 Å². The summed E-state index contributed by atoms with van der Waals surface area (Å²) in [6.45, 7) is 2.98. The van der Waals surface area contributed by atoms with E-state index in [1.54, 1.807) is 12.1 Å². The second-order valence-corrected chi connectivity index (χ2v) is 8.85. The van der Waals surface area contributed by atoms with Crippen LogP contribution in [0.25, 0.3) is 0 Å². The summed E-state index contributed by atoms with van der Waals surface area (Å²) in [6.07, 6.45) is 7.03. The lowest BCUT2D eigenvalue weighted by molar-refractivity contribution is 0.0414. The van der Waals surface area contributed by atoms with Crippen molar-refractivity contribution in [3.8, 4) is 11.5 Å². The van der Waals surface area contributed by atoms with Crippen LogP contribution < -0.4 is 4.74 Å². The Bertz CT molecular complexity index is 976. The van der Waals surface area contributed by atoms with Crippen LogP contribution in [0.15, 0.2) is 42.5 Å². The number of carbonyl (C=O) groups is 2. The molecule has 6 heteroatoms. The highest BCUT2D eigenvalue weighted by atomic mass is 16.5. The van der Waals surface area contributed by atoms with Gasteiger partial charge in [0.2, 0.25) is 0 Å². The van der Waals surface area contributed by atoms with Gasteiger partial charge in [0.25, 0.3) is 5.91 Å². The number of hydrogen-bond acceptors (Lipinski definition) is 4. The zero-order valence-corrected chi connectivity index (χ0v) is 17.6. The highest BCUT2D eigenvalue weighted by molar-refractivity contribution is 5.97. The number of aromatic carboxylic acids is 1. The fourth-order valence-corrected chi connectivity index (χ4v) is 5.01. The highest BCUT2D eigenvalue weighted by Crippen LogP contribution is 2.32. The molecule has 2 heterocycles. The predicted molar refractivity (Wildman–Crippen MR) is 117 cm³/mol. The van der Waals surface area contributed by atoms with Crippen molar-refractivity contribution in [3.63, 3.8) is 0 Å². The van der Waals surface area contributed by atoms with Gasteiger partial charge < -0.3 is 19.6 Å². The first kappa shape index (κ1) is 20.1. The SMILES string of the molecule is O=C(O)c1ccc(Oc2ccc3c(c2)CCN(C2CCN(C4CCC4)CC2)C3=O)cc1. The molecule has 1 aliphatic carbocycles. The van der Waals surface area contributed by atoms with Crippen molar-refractivity contribution in [2.45, 2.75) is 50.6 Å². The number of benzene rings is 2. The molecule has 0 unspecified atom stereocenters. The summed E-state index contributed by atoms with van der Waals surface area (Å²) in [5.74, 6) is 0.418. The third-order valence-electron chi connectivity index (χ3n) is 7.06. The van der Waals surface area contributed by atoms with E-state index in [1.165, 1.54) is 31.4 Å². The average molecular weight is 421 g/mol. The standard InChI is InChI=1S/C25H28N2O4/c28-24-23-9-8-22(31-21-6-4-17(5-7-21)25(29)30)16-18(23)10-15-27(24)20-11-13-26(14-12-20)19-2-1-3-19/h4-9,16,19-20H,1-3,10-15H2,(H,29,30). The quantitative estimate of drug-likeness (QED) is 0.785. The van der Waals surface area contributed by atoms with Gasteiger partial charge in [0.1, 0.15) is 11.5 Å². The molecule has 2 fully saturated rings. The minimum atomic E-state index is -0.961. The second-order valence-electron chi connectivity index (χ2n) is 8.85. The summed E-state index contributed by atoms with van der Waals surface area (Å²) >= 11 is 0. The molecule has 0 bridgehead atoms. The van der Waals surface area contributed by atoms with Gasteiger partial charge in [0.05, 0.1) is 5.56 Å². The second kappa shape index (κ2) is 8.35. The van der Waals surface area contributed by atoms with Crippen molar-refractivity contribution in [3.05, 3.63) is 59.2 Å². The maximum Gasteiger partial charge on any atom is 0.335 e. The van der Waals surface area contributed by atoms with Gasteiger partial charge in [0, 0.05) is 37.3 Å². The van der Waals surface area contributed by atoms with E-state index in [0.717, 1.165) is 56.1 Å². The first-order valence-electron chi connectivity index (χ1n) is 11.3. The monoisotopic (exact) mass is 420 g/mol. The Labute approximate surface area is 182 Å². The van der Waals surface area contributed by atoms with Crippen LogP contribution in [-0.4, -0.2) is 58.5 Å². The van der Waals surface area contributed by atoms with Crippen molar-refractivity contribution in [1.82, 2.24) is 9.80 Å². The Balaban J connectivity index is 1.24. The number of hydrogen-bond donors (Lipinski definition) is 1. The maximum absolute atomic E-state index is 13.2. The molecule has 0 radical (unpaired) electrons. The molecule has 0 atom stereocenters. The lowest BCUT2D eigenvalue weighted by Gasteiger charge is -2.45. The zero-order valence-electron chi connectivity index (χ0n) is 17.6. The number of amides is 1. The van der Waals surface area contributed by atoms with Crippen molar-refractivity contribution < 1.29 is 19.4 Å². The van der Waals surface area contributed by atoms with E-state index in [4.69, 9.17) is 9.84 Å². The van der Waals surface area contributed by atoms with Crippen LogP contribution in [0.5, 0.6) is 11.5 Å². The van der Waals surface area contributed by atoms with E-state index in [9.17, 15) is 9.59 Å². The molecular formula is C25H28N2O4. The lowest BCUT2D eigenvalue weighted by atomic mass is 9.88. The molecule has 1 amide bonds. The van der Waals surface area contributed by atoms with Crippen LogP contribution in [0.1, 0.15) is 58.4 Å². The van der Waals surface area contributed by atoms with Gasteiger partial charge in [-0.25, -0.2) is 4.79 Å². The number of likely N-dealkylation sites (tertiary alicyclic amines) is 1. The molecule has 162 valence electrons. The van der Waals surface area contributed by atoms with Gasteiger partial charge in [0.15, 0.2) is 0 Å². The Morgan fingerprint density at radius 1 is 0.903 bits per heavy atom. The van der Waals surface area contributed by atoms with Gasteiger partial charge in [-0.1, -0.05) is 6.42 Å². The zero-order chi connectivity index (χ0) is 21.4. The van der Waals surface area contributed by atoms with Crippen molar-refractivity contribution in [2.75, 3.05) is 19.6 Å². The molecule has 0 spiro atoms. The largest absolute Gasteiger partial charge is 0.478 e. The summed E-state index contributed by atoms with van der Waals surface area (Å²) in [4.78, 5) is 28.9. The summed E-state index contributed by atoms with van der Waals surface area (Å²) in [5, 5.41) is 9.01. The number of carbonyl (C=O) groups excluding carboxylic acids is 1. The predicted octanol–water partition coefficient (Wildman–Crippen LogP) is 4.19. The van der Waals surface area contributed by atoms with Crippen LogP contribution in [-0.2, 0) is 6.42 Å². The topological polar surface area (TPSA) is 70.1 Å². The summed E-state index contributed by atoms with van der Waals surface area (Å²) in [7, 11) is 0. The first-order chi connectivity index (χ1) is 15.1. The minimum absolute atomic E-state index is 0.140. The van der Waals surface area contributed by atoms with Crippen LogP contribution in [0.2, 0.25) is 0 Å². The molecule has 1 saturated heterocycles. The molecule has 31 heavy (non-hydrogen) atoms. The summed E-state index contributed by atoms with van der Waals surface area (Å²) in [6, 6.07) is 13.1. The van der Waals surface area contributed by atoms with Crippen LogP contribution in [0.4, 0.5) is 0 Å². The van der Waals surface area contributed by atoms with E-state index in [0.29, 0.717) is 17.5 Å². The van der Waals surface area contributed by atoms with Gasteiger partial charge in [-0.05, 0) is 80.1 Å². The van der Waals surface area contributed by atoms with Crippen molar-refractivity contribution in [1.29, 1.82) is 0 Å². The fraction of sp³-hybridized carbons (Fsp3) is 0.440. The molecule has 0 aromatic heterocycles. The maximum atomic E-state index is 13.2. The van der Waals surface area contributed by atoms with E-state index in [1.807, 2.05) is 18.2 Å². The smallest absolute Gasteiger partial charge is 0.335 e. The highest BCUT2D eigenvalue weighted by Gasteiger charge is 2.34. The molecule has 3 aliphatic rings. The molecule has 2 aliphatic heterocycles. The first-order valence-corrected chi connectivity index (χ1v) is 11.3. The Kier molecular flexibility index (Phi) is 5.40. The number of ether oxygens (including phenoxy) is 1. The fourth-order valence-electron chi connectivity index (χ4n) is 5.01. The van der Waals surface area contributed by atoms with Crippen molar-refractivity contribution >= 4 is 11.9 Å². The molecule has 6 nitrogen and oxygen atoms in total. The molecule has 5 rings (SSSR count). The number of rotatable bonds is 5. The van der Waals surface area contributed by atoms with Gasteiger partial charge >= 0.3 is 5.97 Å². The lowest BCUT2D eigenvalue weighted by Crippen LogP contribution is -2.52. The normalized spacial score (nSPS) is 20.3. The number of fused-ring (bicyclic) bond motifs is 1. The number of piperidine rings is 1. The Hall–Kier alpha value is -2.86. The number of carboxylic acids is 1. The van der Waals surface area contributed by atoms with Gasteiger partial charge in [-0.2, -0.15) is 0 Å². The third kappa shape index (κ3) is 4.04. The molecule has 2 aromatic rings. The van der Waals surface area contributed by atoms with Crippen LogP contribution in [0, 0.1) is 0 Å². The Morgan fingerprint density at radius 3 is 2.26 bits per heavy atom. The van der Waals surface area contributed by atoms with E-state index < -0.39 is 5.97 Å². The van der Waals surface area contributed by atoms with Crippen molar-refractivity contribution in [2.24, 2.45) is 0 Å². The molecular weight excluding hydrogens is 392 g/mol. The molecule has 1 N–H and O–H groups in total.